The van der Waals surface area contributed by atoms with Gasteiger partial charge in [0.1, 0.15) is 0 Å². The highest BCUT2D eigenvalue weighted by Crippen LogP contribution is 2.21. The Kier molecular flexibility index (Phi) is 5.79. The van der Waals surface area contributed by atoms with Crippen LogP contribution >= 0.6 is 0 Å². The zero-order chi connectivity index (χ0) is 14.4. The molecule has 2 amide bonds. The van der Waals surface area contributed by atoms with E-state index in [1.165, 1.54) is 11.8 Å². The van der Waals surface area contributed by atoms with Gasteiger partial charge in [-0.05, 0) is 25.2 Å². The Balaban J connectivity index is 2.43. The first-order valence-corrected chi connectivity index (χ1v) is 6.61. The van der Waals surface area contributed by atoms with Crippen LogP contribution in [0.15, 0.2) is 0 Å². The SMILES string of the molecule is CC(=O)N(C)CC(=O)N1CCCC(CCC(=O)O)C1. The van der Waals surface area contributed by atoms with E-state index in [0.29, 0.717) is 19.5 Å². The Bertz CT molecular complexity index is 357. The molecule has 108 valence electrons. The van der Waals surface area contributed by atoms with E-state index < -0.39 is 5.97 Å². The Morgan fingerprint density at radius 3 is 2.63 bits per heavy atom. The van der Waals surface area contributed by atoms with Gasteiger partial charge < -0.3 is 14.9 Å². The van der Waals surface area contributed by atoms with Crippen LogP contribution in [0.2, 0.25) is 0 Å². The second-order valence-corrected chi connectivity index (χ2v) is 5.16. The van der Waals surface area contributed by atoms with E-state index in [-0.39, 0.29) is 30.7 Å². The molecule has 1 atom stereocenters. The summed E-state index contributed by atoms with van der Waals surface area (Å²) >= 11 is 0. The number of hydrogen-bond donors (Lipinski definition) is 1. The zero-order valence-electron chi connectivity index (χ0n) is 11.6. The van der Waals surface area contributed by atoms with E-state index in [0.717, 1.165) is 12.8 Å². The molecule has 0 aliphatic carbocycles. The van der Waals surface area contributed by atoms with Crippen LogP contribution in [0.5, 0.6) is 0 Å². The standard InChI is InChI=1S/C13H22N2O4/c1-10(16)14(2)9-12(17)15-7-3-4-11(8-15)5-6-13(18)19/h11H,3-9H2,1-2H3,(H,18,19). The molecule has 0 saturated carbocycles. The Morgan fingerprint density at radius 1 is 1.37 bits per heavy atom. The number of carbonyl (C=O) groups excluding carboxylic acids is 2. The van der Waals surface area contributed by atoms with Crippen LogP contribution in [-0.4, -0.2) is 59.4 Å². The molecular formula is C13H22N2O4. The molecule has 1 heterocycles. The number of aliphatic carboxylic acids is 1. The van der Waals surface area contributed by atoms with E-state index >= 15 is 0 Å². The summed E-state index contributed by atoms with van der Waals surface area (Å²) in [5.74, 6) is -0.721. The molecule has 0 aromatic heterocycles. The molecule has 1 aliphatic heterocycles. The largest absolute Gasteiger partial charge is 0.481 e. The highest BCUT2D eigenvalue weighted by atomic mass is 16.4. The third-order valence-electron chi connectivity index (χ3n) is 3.55. The summed E-state index contributed by atoms with van der Waals surface area (Å²) in [6, 6.07) is 0. The minimum atomic E-state index is -0.792. The summed E-state index contributed by atoms with van der Waals surface area (Å²) in [5, 5.41) is 8.67. The number of likely N-dealkylation sites (N-methyl/N-ethyl adjacent to an activating group) is 1. The average Bonchev–Trinajstić information content (AvgIpc) is 2.36. The lowest BCUT2D eigenvalue weighted by atomic mass is 9.93. The van der Waals surface area contributed by atoms with E-state index in [1.807, 2.05) is 0 Å². The molecule has 0 aromatic carbocycles. The summed E-state index contributed by atoms with van der Waals surface area (Å²) in [4.78, 5) is 36.8. The Hall–Kier alpha value is -1.59. The second kappa shape index (κ2) is 7.11. The fourth-order valence-electron chi connectivity index (χ4n) is 2.27. The van der Waals surface area contributed by atoms with E-state index in [2.05, 4.69) is 0 Å². The van der Waals surface area contributed by atoms with Gasteiger partial charge in [-0.2, -0.15) is 0 Å². The van der Waals surface area contributed by atoms with Crippen molar-refractivity contribution in [1.82, 2.24) is 9.80 Å². The van der Waals surface area contributed by atoms with Crippen LogP contribution in [0.4, 0.5) is 0 Å². The maximum absolute atomic E-state index is 12.0. The minimum Gasteiger partial charge on any atom is -0.481 e. The number of hydrogen-bond acceptors (Lipinski definition) is 3. The van der Waals surface area contributed by atoms with Gasteiger partial charge in [0.05, 0.1) is 6.54 Å². The molecule has 1 N–H and O–H groups in total. The molecule has 0 radical (unpaired) electrons. The number of piperidine rings is 1. The van der Waals surface area contributed by atoms with Gasteiger partial charge in [-0.15, -0.1) is 0 Å². The monoisotopic (exact) mass is 270 g/mol. The number of amides is 2. The Labute approximate surface area is 113 Å². The number of carboxylic acids is 1. The molecule has 1 fully saturated rings. The van der Waals surface area contributed by atoms with Gasteiger partial charge in [0.25, 0.3) is 0 Å². The molecule has 6 nitrogen and oxygen atoms in total. The van der Waals surface area contributed by atoms with Crippen LogP contribution < -0.4 is 0 Å². The summed E-state index contributed by atoms with van der Waals surface area (Å²) in [5.41, 5.74) is 0. The van der Waals surface area contributed by atoms with Gasteiger partial charge in [0.15, 0.2) is 0 Å². The fraction of sp³-hybridized carbons (Fsp3) is 0.769. The molecule has 0 bridgehead atoms. The molecule has 19 heavy (non-hydrogen) atoms. The first-order valence-electron chi connectivity index (χ1n) is 6.61. The molecule has 1 rings (SSSR count). The zero-order valence-corrected chi connectivity index (χ0v) is 11.6. The third kappa shape index (κ3) is 5.28. The van der Waals surface area contributed by atoms with E-state index in [4.69, 9.17) is 5.11 Å². The van der Waals surface area contributed by atoms with Crippen LogP contribution in [-0.2, 0) is 14.4 Å². The van der Waals surface area contributed by atoms with Crippen molar-refractivity contribution in [1.29, 1.82) is 0 Å². The lowest BCUT2D eigenvalue weighted by Crippen LogP contribution is -2.45. The molecule has 0 aromatic rings. The van der Waals surface area contributed by atoms with Gasteiger partial charge >= 0.3 is 5.97 Å². The Morgan fingerprint density at radius 2 is 2.05 bits per heavy atom. The molecule has 1 aliphatic rings. The van der Waals surface area contributed by atoms with Crippen molar-refractivity contribution in [2.24, 2.45) is 5.92 Å². The first kappa shape index (κ1) is 15.5. The molecule has 1 saturated heterocycles. The van der Waals surface area contributed by atoms with Crippen molar-refractivity contribution >= 4 is 17.8 Å². The first-order chi connectivity index (χ1) is 8.90. The van der Waals surface area contributed by atoms with Crippen molar-refractivity contribution < 1.29 is 19.5 Å². The topological polar surface area (TPSA) is 77.9 Å². The average molecular weight is 270 g/mol. The van der Waals surface area contributed by atoms with E-state index in [1.54, 1.807) is 11.9 Å². The second-order valence-electron chi connectivity index (χ2n) is 5.16. The van der Waals surface area contributed by atoms with Crippen molar-refractivity contribution in [2.45, 2.75) is 32.6 Å². The van der Waals surface area contributed by atoms with Crippen molar-refractivity contribution in [3.63, 3.8) is 0 Å². The van der Waals surface area contributed by atoms with Crippen molar-refractivity contribution in [3.8, 4) is 0 Å². The van der Waals surface area contributed by atoms with Crippen molar-refractivity contribution in [3.05, 3.63) is 0 Å². The minimum absolute atomic E-state index is 0.0577. The summed E-state index contributed by atoms with van der Waals surface area (Å²) in [6.07, 6.45) is 2.64. The summed E-state index contributed by atoms with van der Waals surface area (Å²) < 4.78 is 0. The predicted octanol–water partition coefficient (Wildman–Crippen LogP) is 0.568. The fourth-order valence-corrected chi connectivity index (χ4v) is 2.27. The van der Waals surface area contributed by atoms with Gasteiger partial charge in [-0.3, -0.25) is 14.4 Å². The number of carboxylic acid groups (broad SMARTS) is 1. The van der Waals surface area contributed by atoms with Gasteiger partial charge in [0.2, 0.25) is 11.8 Å². The number of rotatable bonds is 5. The highest BCUT2D eigenvalue weighted by molar-refractivity contribution is 5.83. The van der Waals surface area contributed by atoms with Crippen LogP contribution in [0.25, 0.3) is 0 Å². The molecule has 6 heteroatoms. The number of nitrogens with zero attached hydrogens (tertiary/aromatic N) is 2. The lowest BCUT2D eigenvalue weighted by Gasteiger charge is -2.33. The van der Waals surface area contributed by atoms with Crippen LogP contribution in [0.3, 0.4) is 0 Å². The lowest BCUT2D eigenvalue weighted by molar-refractivity contribution is -0.140. The van der Waals surface area contributed by atoms with E-state index in [9.17, 15) is 14.4 Å². The van der Waals surface area contributed by atoms with Crippen LogP contribution in [0.1, 0.15) is 32.6 Å². The smallest absolute Gasteiger partial charge is 0.303 e. The quantitative estimate of drug-likeness (QED) is 0.792. The van der Waals surface area contributed by atoms with Crippen LogP contribution in [0, 0.1) is 5.92 Å². The molecule has 0 spiro atoms. The normalized spacial score (nSPS) is 19.1. The van der Waals surface area contributed by atoms with Gasteiger partial charge in [-0.1, -0.05) is 0 Å². The van der Waals surface area contributed by atoms with Gasteiger partial charge in [0, 0.05) is 33.5 Å². The van der Waals surface area contributed by atoms with Crippen molar-refractivity contribution in [2.75, 3.05) is 26.7 Å². The summed E-state index contributed by atoms with van der Waals surface area (Å²) in [6.45, 7) is 2.84. The number of likely N-dealkylation sites (tertiary alicyclic amines) is 1. The highest BCUT2D eigenvalue weighted by Gasteiger charge is 2.24. The predicted molar refractivity (Wildman–Crippen MR) is 69.5 cm³/mol. The third-order valence-corrected chi connectivity index (χ3v) is 3.55. The maximum Gasteiger partial charge on any atom is 0.303 e. The summed E-state index contributed by atoms with van der Waals surface area (Å²) in [7, 11) is 1.60. The molecular weight excluding hydrogens is 248 g/mol. The number of carbonyl (C=O) groups is 3. The molecule has 1 unspecified atom stereocenters. The van der Waals surface area contributed by atoms with Gasteiger partial charge in [-0.25, -0.2) is 0 Å². The maximum atomic E-state index is 12.0.